The Bertz CT molecular complexity index is 719. The first-order valence-electron chi connectivity index (χ1n) is 9.08. The Kier molecular flexibility index (Phi) is 5.24. The number of amides is 1. The van der Waals surface area contributed by atoms with E-state index in [1.54, 1.807) is 6.92 Å². The molecule has 3 rings (SSSR count). The van der Waals surface area contributed by atoms with Crippen LogP contribution in [-0.4, -0.2) is 35.4 Å². The fraction of sp³-hybridized carbons (Fsp3) is 0.550. The number of likely N-dealkylation sites (tertiary alicyclic amines) is 1. The highest BCUT2D eigenvalue weighted by molar-refractivity contribution is 5.87. The lowest BCUT2D eigenvalue weighted by molar-refractivity contribution is -0.119. The smallest absolute Gasteiger partial charge is 0.216 e. The Morgan fingerprint density at radius 1 is 1.38 bits per heavy atom. The summed E-state index contributed by atoms with van der Waals surface area (Å²) in [5.74, 6) is 0.767. The highest BCUT2D eigenvalue weighted by Crippen LogP contribution is 2.27. The van der Waals surface area contributed by atoms with Gasteiger partial charge in [-0.1, -0.05) is 18.2 Å². The molecule has 1 saturated heterocycles. The molecule has 0 radical (unpaired) electrons. The molecule has 0 spiro atoms. The molecule has 1 aliphatic heterocycles. The number of aryl methyl sites for hydroxylation is 2. The molecule has 2 aromatic rings. The van der Waals surface area contributed by atoms with Gasteiger partial charge in [0.05, 0.1) is 5.52 Å². The second-order valence-corrected chi connectivity index (χ2v) is 7.23. The molecule has 1 aromatic heterocycles. The van der Waals surface area contributed by atoms with Crippen LogP contribution in [0, 0.1) is 19.8 Å². The molecule has 1 unspecified atom stereocenters. The van der Waals surface area contributed by atoms with E-state index in [1.165, 1.54) is 47.1 Å². The third-order valence-corrected chi connectivity index (χ3v) is 5.35. The molecule has 0 bridgehead atoms. The number of rotatable bonds is 5. The van der Waals surface area contributed by atoms with Gasteiger partial charge in [0, 0.05) is 37.6 Å². The number of nitrogens with one attached hydrogen (secondary N) is 2. The van der Waals surface area contributed by atoms with Gasteiger partial charge in [0.15, 0.2) is 0 Å². The summed E-state index contributed by atoms with van der Waals surface area (Å²) in [5, 5.41) is 4.28. The first kappa shape index (κ1) is 17.0. The predicted octanol–water partition coefficient (Wildman–Crippen LogP) is 3.52. The van der Waals surface area contributed by atoms with Crippen molar-refractivity contribution in [2.75, 3.05) is 19.6 Å². The summed E-state index contributed by atoms with van der Waals surface area (Å²) in [6.07, 6.45) is 3.62. The summed E-state index contributed by atoms with van der Waals surface area (Å²) in [6.45, 7) is 10.1. The van der Waals surface area contributed by atoms with Gasteiger partial charge in [-0.3, -0.25) is 9.69 Å². The average Bonchev–Trinajstić information content (AvgIpc) is 2.84. The van der Waals surface area contributed by atoms with Crippen molar-refractivity contribution in [1.82, 2.24) is 15.2 Å². The maximum absolute atomic E-state index is 11.0. The first-order valence-corrected chi connectivity index (χ1v) is 9.08. The fourth-order valence-corrected chi connectivity index (χ4v) is 3.90. The van der Waals surface area contributed by atoms with Gasteiger partial charge in [-0.15, -0.1) is 0 Å². The van der Waals surface area contributed by atoms with Gasteiger partial charge in [0.1, 0.15) is 0 Å². The van der Waals surface area contributed by atoms with Crippen LogP contribution >= 0.6 is 0 Å². The van der Waals surface area contributed by atoms with Crippen LogP contribution in [0.5, 0.6) is 0 Å². The monoisotopic (exact) mass is 327 g/mol. The van der Waals surface area contributed by atoms with Crippen molar-refractivity contribution >= 4 is 16.8 Å². The molecule has 1 amide bonds. The number of para-hydroxylation sites is 1. The van der Waals surface area contributed by atoms with Crippen molar-refractivity contribution < 1.29 is 4.79 Å². The number of benzene rings is 1. The van der Waals surface area contributed by atoms with Crippen LogP contribution in [0.4, 0.5) is 0 Å². The second-order valence-electron chi connectivity index (χ2n) is 7.23. The summed E-state index contributed by atoms with van der Waals surface area (Å²) in [5.41, 5.74) is 5.32. The zero-order chi connectivity index (χ0) is 17.1. The summed E-state index contributed by atoms with van der Waals surface area (Å²) >= 11 is 0. The van der Waals surface area contributed by atoms with Gasteiger partial charge in [-0.05, 0) is 56.7 Å². The Hall–Kier alpha value is -1.81. The van der Waals surface area contributed by atoms with E-state index in [1.807, 2.05) is 0 Å². The van der Waals surface area contributed by atoms with Gasteiger partial charge in [0.25, 0.3) is 0 Å². The number of piperidine rings is 1. The number of hydrogen-bond donors (Lipinski definition) is 2. The number of hydrogen-bond acceptors (Lipinski definition) is 2. The van der Waals surface area contributed by atoms with Crippen LogP contribution in [0.3, 0.4) is 0 Å². The summed E-state index contributed by atoms with van der Waals surface area (Å²) in [4.78, 5) is 17.2. The lowest BCUT2D eigenvalue weighted by Crippen LogP contribution is -2.36. The van der Waals surface area contributed by atoms with Crippen LogP contribution in [-0.2, 0) is 11.3 Å². The van der Waals surface area contributed by atoms with Crippen LogP contribution in [0.15, 0.2) is 18.2 Å². The zero-order valence-electron chi connectivity index (χ0n) is 15.1. The minimum Gasteiger partial charge on any atom is -0.358 e. The lowest BCUT2D eigenvalue weighted by atomic mass is 9.94. The zero-order valence-corrected chi connectivity index (χ0v) is 15.1. The van der Waals surface area contributed by atoms with Gasteiger partial charge in [0.2, 0.25) is 5.91 Å². The van der Waals surface area contributed by atoms with E-state index in [4.69, 9.17) is 0 Å². The van der Waals surface area contributed by atoms with E-state index in [0.29, 0.717) is 5.92 Å². The van der Waals surface area contributed by atoms with Crippen LogP contribution < -0.4 is 5.32 Å². The standard InChI is InChI=1S/C20H29N3O/c1-14-15(2)22-20-18(7-4-8-19(14)20)13-23-11-5-6-17(12-23)9-10-21-16(3)24/h4,7-8,17,22H,5-6,9-13H2,1-3H3,(H,21,24). The number of aromatic amines is 1. The van der Waals surface area contributed by atoms with Crippen molar-refractivity contribution in [1.29, 1.82) is 0 Å². The summed E-state index contributed by atoms with van der Waals surface area (Å²) < 4.78 is 0. The van der Waals surface area contributed by atoms with Crippen molar-refractivity contribution in [2.45, 2.75) is 46.6 Å². The van der Waals surface area contributed by atoms with Crippen molar-refractivity contribution in [3.05, 3.63) is 35.0 Å². The molecule has 4 heteroatoms. The van der Waals surface area contributed by atoms with E-state index >= 15 is 0 Å². The van der Waals surface area contributed by atoms with E-state index in [9.17, 15) is 4.79 Å². The third-order valence-electron chi connectivity index (χ3n) is 5.35. The Balaban J connectivity index is 1.65. The van der Waals surface area contributed by atoms with Crippen LogP contribution in [0.1, 0.15) is 43.0 Å². The fourth-order valence-electron chi connectivity index (χ4n) is 3.90. The molecular weight excluding hydrogens is 298 g/mol. The molecule has 0 aliphatic carbocycles. The lowest BCUT2D eigenvalue weighted by Gasteiger charge is -2.33. The molecule has 1 fully saturated rings. The van der Waals surface area contributed by atoms with E-state index in [2.05, 4.69) is 47.2 Å². The molecule has 24 heavy (non-hydrogen) atoms. The second kappa shape index (κ2) is 7.39. The Morgan fingerprint density at radius 2 is 2.21 bits per heavy atom. The quantitative estimate of drug-likeness (QED) is 0.883. The van der Waals surface area contributed by atoms with Gasteiger partial charge in [-0.2, -0.15) is 0 Å². The molecule has 1 aromatic carbocycles. The minimum absolute atomic E-state index is 0.0758. The van der Waals surface area contributed by atoms with Crippen LogP contribution in [0.25, 0.3) is 10.9 Å². The number of nitrogens with zero attached hydrogens (tertiary/aromatic N) is 1. The molecule has 1 aliphatic rings. The molecule has 130 valence electrons. The number of carbonyl (C=O) groups is 1. The Labute approximate surface area is 144 Å². The number of aromatic nitrogens is 1. The summed E-state index contributed by atoms with van der Waals surface area (Å²) in [7, 11) is 0. The molecular formula is C20H29N3O. The Morgan fingerprint density at radius 3 is 3.00 bits per heavy atom. The van der Waals surface area contributed by atoms with Crippen molar-refractivity contribution in [3.8, 4) is 0 Å². The van der Waals surface area contributed by atoms with Crippen molar-refractivity contribution in [3.63, 3.8) is 0 Å². The average molecular weight is 327 g/mol. The maximum Gasteiger partial charge on any atom is 0.216 e. The number of fused-ring (bicyclic) bond motifs is 1. The number of carbonyl (C=O) groups excluding carboxylic acids is 1. The van der Waals surface area contributed by atoms with E-state index < -0.39 is 0 Å². The van der Waals surface area contributed by atoms with Gasteiger partial charge in [-0.25, -0.2) is 0 Å². The van der Waals surface area contributed by atoms with E-state index in [-0.39, 0.29) is 5.91 Å². The largest absolute Gasteiger partial charge is 0.358 e. The summed E-state index contributed by atoms with van der Waals surface area (Å²) in [6, 6.07) is 6.64. The van der Waals surface area contributed by atoms with Crippen LogP contribution in [0.2, 0.25) is 0 Å². The normalized spacial score (nSPS) is 18.9. The predicted molar refractivity (Wildman–Crippen MR) is 99.1 cm³/mol. The molecule has 4 nitrogen and oxygen atoms in total. The van der Waals surface area contributed by atoms with Crippen molar-refractivity contribution in [2.24, 2.45) is 5.92 Å². The molecule has 1 atom stereocenters. The highest BCUT2D eigenvalue weighted by Gasteiger charge is 2.20. The number of H-pyrrole nitrogens is 1. The molecule has 2 N–H and O–H groups in total. The third kappa shape index (κ3) is 3.81. The SMILES string of the molecule is CC(=O)NCCC1CCCN(Cc2cccc3c(C)c(C)[nH]c23)C1. The van der Waals surface area contributed by atoms with Gasteiger partial charge < -0.3 is 10.3 Å². The molecule has 2 heterocycles. The maximum atomic E-state index is 11.0. The molecule has 0 saturated carbocycles. The van der Waals surface area contributed by atoms with Gasteiger partial charge >= 0.3 is 0 Å². The first-order chi connectivity index (χ1) is 11.5. The topological polar surface area (TPSA) is 48.1 Å². The highest BCUT2D eigenvalue weighted by atomic mass is 16.1. The minimum atomic E-state index is 0.0758. The van der Waals surface area contributed by atoms with E-state index in [0.717, 1.165) is 26.1 Å².